The van der Waals surface area contributed by atoms with Gasteiger partial charge < -0.3 is 20.5 Å². The predicted molar refractivity (Wildman–Crippen MR) is 69.6 cm³/mol. The maximum Gasteiger partial charge on any atom is 0.323 e. The monoisotopic (exact) mass is 255 g/mol. The summed E-state index contributed by atoms with van der Waals surface area (Å²) in [7, 11) is 1.67. The van der Waals surface area contributed by atoms with E-state index in [0.717, 1.165) is 12.8 Å². The van der Waals surface area contributed by atoms with Crippen LogP contribution < -0.4 is 15.8 Å². The molecule has 3 N–H and O–H groups in total. The van der Waals surface area contributed by atoms with Crippen molar-refractivity contribution in [1.82, 2.24) is 15.0 Å². The van der Waals surface area contributed by atoms with Crippen molar-refractivity contribution in [3.8, 4) is 6.01 Å². The Bertz CT molecular complexity index is 361. The lowest BCUT2D eigenvalue weighted by atomic mass is 10.2. The van der Waals surface area contributed by atoms with Gasteiger partial charge >= 0.3 is 6.01 Å². The molecule has 0 saturated carbocycles. The van der Waals surface area contributed by atoms with Crippen molar-refractivity contribution in [2.24, 2.45) is 0 Å². The summed E-state index contributed by atoms with van der Waals surface area (Å²) in [4.78, 5) is 12.1. The van der Waals surface area contributed by atoms with Crippen LogP contribution in [0.1, 0.15) is 26.7 Å². The lowest BCUT2D eigenvalue weighted by molar-refractivity contribution is 0.191. The van der Waals surface area contributed by atoms with E-state index in [0.29, 0.717) is 19.2 Å². The lowest BCUT2D eigenvalue weighted by Gasteiger charge is -2.13. The summed E-state index contributed by atoms with van der Waals surface area (Å²) in [6.45, 7) is 5.26. The minimum atomic E-state index is 0.151. The number of hydrogen-bond acceptors (Lipinski definition) is 7. The van der Waals surface area contributed by atoms with Crippen molar-refractivity contribution in [2.45, 2.75) is 32.7 Å². The van der Waals surface area contributed by atoms with E-state index in [2.05, 4.69) is 20.3 Å². The van der Waals surface area contributed by atoms with E-state index < -0.39 is 0 Å². The van der Waals surface area contributed by atoms with Crippen molar-refractivity contribution in [3.63, 3.8) is 0 Å². The molecule has 0 aliphatic heterocycles. The number of nitrogen functional groups attached to an aromatic ring is 1. The Balaban J connectivity index is 2.61. The SMILES string of the molecule is CCCOc1nc(N)nc(NC(C)CCOC)n1. The molecule has 0 spiro atoms. The number of nitrogens with one attached hydrogen (secondary N) is 1. The zero-order valence-electron chi connectivity index (χ0n) is 11.1. The zero-order chi connectivity index (χ0) is 13.4. The first-order valence-electron chi connectivity index (χ1n) is 6.05. The van der Waals surface area contributed by atoms with Crippen LogP contribution in [-0.4, -0.2) is 41.3 Å². The van der Waals surface area contributed by atoms with Crippen LogP contribution in [-0.2, 0) is 4.74 Å². The van der Waals surface area contributed by atoms with Crippen LogP contribution in [0.3, 0.4) is 0 Å². The third-order valence-electron chi connectivity index (χ3n) is 2.20. The highest BCUT2D eigenvalue weighted by molar-refractivity contribution is 5.33. The summed E-state index contributed by atoms with van der Waals surface area (Å²) in [5.41, 5.74) is 5.60. The molecule has 1 aromatic rings. The van der Waals surface area contributed by atoms with Crippen LogP contribution >= 0.6 is 0 Å². The Hall–Kier alpha value is -1.63. The van der Waals surface area contributed by atoms with E-state index in [1.807, 2.05) is 13.8 Å². The summed E-state index contributed by atoms with van der Waals surface area (Å²) in [5, 5.41) is 3.13. The van der Waals surface area contributed by atoms with Crippen LogP contribution in [0.15, 0.2) is 0 Å². The van der Waals surface area contributed by atoms with Crippen molar-refractivity contribution in [3.05, 3.63) is 0 Å². The van der Waals surface area contributed by atoms with Gasteiger partial charge in [0.2, 0.25) is 11.9 Å². The molecule has 1 unspecified atom stereocenters. The van der Waals surface area contributed by atoms with Gasteiger partial charge in [-0.15, -0.1) is 0 Å². The van der Waals surface area contributed by atoms with Crippen LogP contribution in [0.4, 0.5) is 11.9 Å². The Labute approximate surface area is 107 Å². The Morgan fingerprint density at radius 2 is 2.06 bits per heavy atom. The first-order valence-corrected chi connectivity index (χ1v) is 6.05. The van der Waals surface area contributed by atoms with Gasteiger partial charge in [-0.1, -0.05) is 6.92 Å². The molecule has 0 fully saturated rings. The fourth-order valence-corrected chi connectivity index (χ4v) is 1.28. The smallest absolute Gasteiger partial charge is 0.323 e. The fraction of sp³-hybridized carbons (Fsp3) is 0.727. The Morgan fingerprint density at radius 1 is 1.28 bits per heavy atom. The number of aromatic nitrogens is 3. The largest absolute Gasteiger partial charge is 0.463 e. The summed E-state index contributed by atoms with van der Waals surface area (Å²) in [6, 6.07) is 0.441. The maximum absolute atomic E-state index is 5.60. The van der Waals surface area contributed by atoms with E-state index in [9.17, 15) is 0 Å². The number of methoxy groups -OCH3 is 1. The lowest BCUT2D eigenvalue weighted by Crippen LogP contribution is -2.20. The molecule has 1 rings (SSSR count). The molecule has 102 valence electrons. The average molecular weight is 255 g/mol. The minimum absolute atomic E-state index is 0.151. The molecule has 1 aromatic heterocycles. The van der Waals surface area contributed by atoms with Crippen molar-refractivity contribution >= 4 is 11.9 Å². The van der Waals surface area contributed by atoms with Crippen LogP contribution in [0.5, 0.6) is 6.01 Å². The topological polar surface area (TPSA) is 95.2 Å². The van der Waals surface area contributed by atoms with Crippen LogP contribution in [0.25, 0.3) is 0 Å². The van der Waals surface area contributed by atoms with E-state index in [1.54, 1.807) is 7.11 Å². The number of hydrogen-bond donors (Lipinski definition) is 2. The number of ether oxygens (including phenoxy) is 2. The molecule has 0 aliphatic carbocycles. The second kappa shape index (κ2) is 7.65. The third kappa shape index (κ3) is 5.13. The predicted octanol–water partition coefficient (Wildman–Crippen LogP) is 1.08. The normalized spacial score (nSPS) is 12.2. The van der Waals surface area contributed by atoms with Crippen molar-refractivity contribution in [1.29, 1.82) is 0 Å². The van der Waals surface area contributed by atoms with Gasteiger partial charge in [0.05, 0.1) is 6.61 Å². The number of nitrogens with zero attached hydrogens (tertiary/aromatic N) is 3. The van der Waals surface area contributed by atoms with Crippen molar-refractivity contribution < 1.29 is 9.47 Å². The molecule has 0 radical (unpaired) electrons. The minimum Gasteiger partial charge on any atom is -0.463 e. The molecule has 1 atom stereocenters. The number of anilines is 2. The highest BCUT2D eigenvalue weighted by Crippen LogP contribution is 2.10. The maximum atomic E-state index is 5.60. The van der Waals surface area contributed by atoms with E-state index in [-0.39, 0.29) is 18.0 Å². The number of rotatable bonds is 8. The van der Waals surface area contributed by atoms with E-state index >= 15 is 0 Å². The fourth-order valence-electron chi connectivity index (χ4n) is 1.28. The Morgan fingerprint density at radius 3 is 2.72 bits per heavy atom. The molecule has 7 nitrogen and oxygen atoms in total. The highest BCUT2D eigenvalue weighted by Gasteiger charge is 2.08. The highest BCUT2D eigenvalue weighted by atomic mass is 16.5. The quantitative estimate of drug-likeness (QED) is 0.717. The second-order valence-electron chi connectivity index (χ2n) is 3.98. The van der Waals surface area contributed by atoms with Gasteiger partial charge in [0.1, 0.15) is 0 Å². The van der Waals surface area contributed by atoms with Gasteiger partial charge in [-0.3, -0.25) is 0 Å². The molecule has 1 heterocycles. The Kier molecular flexibility index (Phi) is 6.13. The summed E-state index contributed by atoms with van der Waals surface area (Å²) in [5.74, 6) is 0.578. The molecule has 0 aromatic carbocycles. The summed E-state index contributed by atoms with van der Waals surface area (Å²) >= 11 is 0. The molecule has 0 aliphatic rings. The standard InChI is InChI=1S/C11H21N5O2/c1-4-6-18-11-15-9(12)14-10(16-11)13-8(2)5-7-17-3/h8H,4-7H2,1-3H3,(H3,12,13,14,15,16). The van der Waals surface area contributed by atoms with E-state index in [4.69, 9.17) is 15.2 Å². The molecule has 0 amide bonds. The third-order valence-corrected chi connectivity index (χ3v) is 2.20. The molecular formula is C11H21N5O2. The molecule has 0 saturated heterocycles. The second-order valence-corrected chi connectivity index (χ2v) is 3.98. The van der Waals surface area contributed by atoms with Gasteiger partial charge in [-0.2, -0.15) is 15.0 Å². The van der Waals surface area contributed by atoms with Crippen LogP contribution in [0, 0.1) is 0 Å². The molecular weight excluding hydrogens is 234 g/mol. The summed E-state index contributed by atoms with van der Waals surface area (Å²) in [6.07, 6.45) is 1.74. The first-order chi connectivity index (χ1) is 8.65. The van der Waals surface area contributed by atoms with Crippen molar-refractivity contribution in [2.75, 3.05) is 31.4 Å². The molecule has 0 bridgehead atoms. The first kappa shape index (κ1) is 14.4. The molecule has 7 heteroatoms. The van der Waals surface area contributed by atoms with Gasteiger partial charge in [-0.05, 0) is 19.8 Å². The average Bonchev–Trinajstić information content (AvgIpc) is 2.33. The molecule has 18 heavy (non-hydrogen) atoms. The summed E-state index contributed by atoms with van der Waals surface area (Å²) < 4.78 is 10.3. The van der Waals surface area contributed by atoms with Crippen LogP contribution in [0.2, 0.25) is 0 Å². The number of nitrogens with two attached hydrogens (primary N) is 1. The van der Waals surface area contributed by atoms with Gasteiger partial charge in [0.15, 0.2) is 0 Å². The zero-order valence-corrected chi connectivity index (χ0v) is 11.1. The van der Waals surface area contributed by atoms with Gasteiger partial charge in [0, 0.05) is 19.8 Å². The van der Waals surface area contributed by atoms with E-state index in [1.165, 1.54) is 0 Å². The van der Waals surface area contributed by atoms with Gasteiger partial charge in [-0.25, -0.2) is 0 Å². The van der Waals surface area contributed by atoms with Gasteiger partial charge in [0.25, 0.3) is 0 Å².